The van der Waals surface area contributed by atoms with Crippen LogP contribution >= 0.6 is 0 Å². The Kier molecular flexibility index (Phi) is 5.51. The number of nitrogens with one attached hydrogen (secondary N) is 2. The fourth-order valence-corrected chi connectivity index (χ4v) is 2.65. The summed E-state index contributed by atoms with van der Waals surface area (Å²) in [4.78, 5) is 29.6. The molecule has 0 unspecified atom stereocenters. The monoisotopic (exact) mass is 322 g/mol. The summed E-state index contributed by atoms with van der Waals surface area (Å²) in [6, 6.07) is -0.608. The second-order valence-electron chi connectivity index (χ2n) is 5.51. The van der Waals surface area contributed by atoms with Gasteiger partial charge in [-0.15, -0.1) is 0 Å². The van der Waals surface area contributed by atoms with Gasteiger partial charge in [-0.3, -0.25) is 19.5 Å². The van der Waals surface area contributed by atoms with Crippen LogP contribution in [0.5, 0.6) is 5.75 Å². The van der Waals surface area contributed by atoms with E-state index in [9.17, 15) is 19.8 Å². The number of aromatic hydroxyl groups is 1. The average Bonchev–Trinajstić information content (AvgIpc) is 2.55. The van der Waals surface area contributed by atoms with Crippen LogP contribution in [0.4, 0.5) is 0 Å². The Morgan fingerprint density at radius 3 is 2.96 bits per heavy atom. The Morgan fingerprint density at radius 1 is 1.57 bits per heavy atom. The largest absolute Gasteiger partial charge is 0.506 e. The highest BCUT2D eigenvalue weighted by Crippen LogP contribution is 2.27. The smallest absolute Gasteiger partial charge is 0.237 e. The van der Waals surface area contributed by atoms with E-state index in [2.05, 4.69) is 15.6 Å². The maximum absolute atomic E-state index is 12.1. The molecule has 2 heterocycles. The first-order valence-corrected chi connectivity index (χ1v) is 7.47. The van der Waals surface area contributed by atoms with E-state index in [1.807, 2.05) is 4.90 Å². The Hall–Kier alpha value is -2.19. The van der Waals surface area contributed by atoms with E-state index in [4.69, 9.17) is 0 Å². The van der Waals surface area contributed by atoms with Gasteiger partial charge in [-0.2, -0.15) is 0 Å². The van der Waals surface area contributed by atoms with Crippen LogP contribution in [0.3, 0.4) is 0 Å². The lowest BCUT2D eigenvalue weighted by atomic mass is 10.0. The van der Waals surface area contributed by atoms with Crippen molar-refractivity contribution in [2.45, 2.75) is 32.5 Å². The van der Waals surface area contributed by atoms with Crippen LogP contribution in [0.2, 0.25) is 0 Å². The first-order valence-electron chi connectivity index (χ1n) is 7.47. The Labute approximate surface area is 134 Å². The van der Waals surface area contributed by atoms with Crippen LogP contribution in [0, 0.1) is 6.92 Å². The van der Waals surface area contributed by atoms with Crippen LogP contribution < -0.4 is 10.6 Å². The van der Waals surface area contributed by atoms with Gasteiger partial charge in [-0.05, 0) is 6.92 Å². The summed E-state index contributed by atoms with van der Waals surface area (Å²) < 4.78 is 0. The van der Waals surface area contributed by atoms with E-state index in [1.165, 1.54) is 13.2 Å². The van der Waals surface area contributed by atoms with Gasteiger partial charge in [0, 0.05) is 44.0 Å². The number of hydrogen-bond donors (Lipinski definition) is 4. The van der Waals surface area contributed by atoms with Gasteiger partial charge >= 0.3 is 0 Å². The number of aliphatic hydroxyl groups excluding tert-OH is 1. The third kappa shape index (κ3) is 3.77. The summed E-state index contributed by atoms with van der Waals surface area (Å²) in [5, 5.41) is 25.0. The van der Waals surface area contributed by atoms with Crippen molar-refractivity contribution < 1.29 is 19.8 Å². The van der Waals surface area contributed by atoms with E-state index in [-0.39, 0.29) is 37.1 Å². The highest BCUT2D eigenvalue weighted by atomic mass is 16.3. The molecule has 0 aromatic carbocycles. The summed E-state index contributed by atoms with van der Waals surface area (Å²) >= 11 is 0. The molecule has 8 heteroatoms. The first-order chi connectivity index (χ1) is 11.0. The molecular weight excluding hydrogens is 300 g/mol. The number of aliphatic hydroxyl groups is 1. The molecule has 0 aliphatic carbocycles. The summed E-state index contributed by atoms with van der Waals surface area (Å²) in [6.07, 6.45) is 1.56. The summed E-state index contributed by atoms with van der Waals surface area (Å²) in [5.74, 6) is -0.425. The zero-order chi connectivity index (χ0) is 17.0. The number of aryl methyl sites for hydroxylation is 1. The van der Waals surface area contributed by atoms with Crippen molar-refractivity contribution >= 4 is 11.8 Å². The predicted octanol–water partition coefficient (Wildman–Crippen LogP) is -0.976. The van der Waals surface area contributed by atoms with E-state index in [1.54, 1.807) is 6.92 Å². The zero-order valence-electron chi connectivity index (χ0n) is 13.3. The average molecular weight is 322 g/mol. The Morgan fingerprint density at radius 2 is 2.30 bits per heavy atom. The summed E-state index contributed by atoms with van der Waals surface area (Å²) in [7, 11) is 1.52. The SMILES string of the molecule is CNC(=O)C[C@H]1C(=O)NCCN1Cc1c(CO)cnc(C)c1O. The number of carbonyl (C=O) groups excluding carboxylic acids is 2. The minimum atomic E-state index is -0.608. The number of carbonyl (C=O) groups is 2. The summed E-state index contributed by atoms with van der Waals surface area (Å²) in [6.45, 7) is 2.71. The van der Waals surface area contributed by atoms with Crippen molar-refractivity contribution in [3.8, 4) is 5.75 Å². The quantitative estimate of drug-likeness (QED) is 0.554. The van der Waals surface area contributed by atoms with Crippen LogP contribution in [0.1, 0.15) is 23.2 Å². The van der Waals surface area contributed by atoms with Gasteiger partial charge in [0.1, 0.15) is 5.75 Å². The molecule has 126 valence electrons. The number of amides is 2. The molecule has 0 bridgehead atoms. The minimum Gasteiger partial charge on any atom is -0.506 e. The normalized spacial score (nSPS) is 18.6. The van der Waals surface area contributed by atoms with E-state index < -0.39 is 6.04 Å². The molecule has 1 aromatic heterocycles. The lowest BCUT2D eigenvalue weighted by Gasteiger charge is -2.35. The second-order valence-corrected chi connectivity index (χ2v) is 5.51. The number of nitrogens with zero attached hydrogens (tertiary/aromatic N) is 2. The summed E-state index contributed by atoms with van der Waals surface area (Å²) in [5.41, 5.74) is 1.51. The maximum atomic E-state index is 12.1. The maximum Gasteiger partial charge on any atom is 0.237 e. The fourth-order valence-electron chi connectivity index (χ4n) is 2.65. The van der Waals surface area contributed by atoms with Crippen molar-refractivity contribution in [1.82, 2.24) is 20.5 Å². The van der Waals surface area contributed by atoms with Crippen LogP contribution in [-0.4, -0.2) is 58.1 Å². The number of piperazine rings is 1. The fraction of sp³-hybridized carbons (Fsp3) is 0.533. The molecule has 0 saturated carbocycles. The molecule has 4 N–H and O–H groups in total. The third-order valence-electron chi connectivity index (χ3n) is 4.06. The molecular formula is C15H22N4O4. The number of hydrogen-bond acceptors (Lipinski definition) is 6. The predicted molar refractivity (Wildman–Crippen MR) is 82.5 cm³/mol. The second kappa shape index (κ2) is 7.38. The van der Waals surface area contributed by atoms with Gasteiger partial charge in [-0.1, -0.05) is 0 Å². The number of rotatable bonds is 5. The highest BCUT2D eigenvalue weighted by molar-refractivity contribution is 5.88. The van der Waals surface area contributed by atoms with Crippen LogP contribution in [0.25, 0.3) is 0 Å². The van der Waals surface area contributed by atoms with Crippen LogP contribution in [0.15, 0.2) is 6.20 Å². The molecule has 23 heavy (non-hydrogen) atoms. The van der Waals surface area contributed by atoms with Gasteiger partial charge in [-0.25, -0.2) is 0 Å². The molecule has 1 aliphatic rings. The van der Waals surface area contributed by atoms with E-state index in [0.29, 0.717) is 29.9 Å². The van der Waals surface area contributed by atoms with Gasteiger partial charge in [0.25, 0.3) is 0 Å². The number of pyridine rings is 1. The van der Waals surface area contributed by atoms with Crippen molar-refractivity contribution in [3.05, 3.63) is 23.0 Å². The van der Waals surface area contributed by atoms with Crippen molar-refractivity contribution in [2.24, 2.45) is 0 Å². The van der Waals surface area contributed by atoms with E-state index >= 15 is 0 Å². The first kappa shape index (κ1) is 17.2. The molecule has 1 aliphatic heterocycles. The molecule has 2 rings (SSSR count). The third-order valence-corrected chi connectivity index (χ3v) is 4.06. The van der Waals surface area contributed by atoms with Gasteiger partial charge in [0.05, 0.1) is 24.8 Å². The van der Waals surface area contributed by atoms with Crippen molar-refractivity contribution in [1.29, 1.82) is 0 Å². The zero-order valence-corrected chi connectivity index (χ0v) is 13.3. The minimum absolute atomic E-state index is 0.0150. The lowest BCUT2D eigenvalue weighted by molar-refractivity contribution is -0.134. The molecule has 1 fully saturated rings. The molecule has 0 radical (unpaired) electrons. The molecule has 8 nitrogen and oxygen atoms in total. The van der Waals surface area contributed by atoms with E-state index in [0.717, 1.165) is 0 Å². The molecule has 1 aromatic rings. The molecule has 1 atom stereocenters. The van der Waals surface area contributed by atoms with Gasteiger partial charge in [0.15, 0.2) is 0 Å². The molecule has 0 spiro atoms. The lowest BCUT2D eigenvalue weighted by Crippen LogP contribution is -2.56. The standard InChI is InChI=1S/C15H22N4O4/c1-9-14(22)11(10(8-20)6-18-9)7-19-4-3-17-15(23)12(19)5-13(21)16-2/h6,12,20,22H,3-5,7-8H2,1-2H3,(H,16,21)(H,17,23)/t12-/m0/s1. The topological polar surface area (TPSA) is 115 Å². The van der Waals surface area contributed by atoms with Crippen molar-refractivity contribution in [3.63, 3.8) is 0 Å². The molecule has 2 amide bonds. The Balaban J connectivity index is 2.27. The van der Waals surface area contributed by atoms with Crippen LogP contribution in [-0.2, 0) is 22.7 Å². The number of aromatic nitrogens is 1. The Bertz CT molecular complexity index is 605. The highest BCUT2D eigenvalue weighted by Gasteiger charge is 2.32. The van der Waals surface area contributed by atoms with Gasteiger partial charge in [0.2, 0.25) is 11.8 Å². The molecule has 1 saturated heterocycles. The van der Waals surface area contributed by atoms with Gasteiger partial charge < -0.3 is 20.8 Å². The van der Waals surface area contributed by atoms with Crippen molar-refractivity contribution in [2.75, 3.05) is 20.1 Å².